The van der Waals surface area contributed by atoms with Crippen LogP contribution in [0.3, 0.4) is 0 Å². The van der Waals surface area contributed by atoms with E-state index < -0.39 is 5.25 Å². The van der Waals surface area contributed by atoms with E-state index in [1.165, 1.54) is 11.8 Å². The van der Waals surface area contributed by atoms with Crippen molar-refractivity contribution in [3.8, 4) is 34.2 Å². The summed E-state index contributed by atoms with van der Waals surface area (Å²) in [5.74, 6) is 0.647. The number of thioether (sulfide) groups is 1. The number of rotatable bonds is 8. The smallest absolute Gasteiger partial charge is 0.237 e. The van der Waals surface area contributed by atoms with E-state index in [0.29, 0.717) is 17.0 Å². The number of nitrogens with one attached hydrogen (secondary N) is 1. The highest BCUT2D eigenvalue weighted by molar-refractivity contribution is 8.00. The summed E-state index contributed by atoms with van der Waals surface area (Å²) in [4.78, 5) is 18.3. The van der Waals surface area contributed by atoms with Crippen LogP contribution in [-0.4, -0.2) is 23.3 Å². The molecule has 0 aliphatic carbocycles. The van der Waals surface area contributed by atoms with Crippen molar-refractivity contribution in [3.05, 3.63) is 95.1 Å². The Morgan fingerprint density at radius 1 is 1.03 bits per heavy atom. The van der Waals surface area contributed by atoms with Gasteiger partial charge in [-0.1, -0.05) is 60.6 Å². The number of hydrogen-bond donors (Lipinski definition) is 1. The van der Waals surface area contributed by atoms with Gasteiger partial charge in [0, 0.05) is 16.8 Å². The Bertz CT molecular complexity index is 1490. The molecule has 1 aromatic heterocycles. The van der Waals surface area contributed by atoms with E-state index in [9.17, 15) is 10.1 Å². The number of aryl methyl sites for hydroxylation is 2. The molecule has 0 aliphatic rings. The number of pyridine rings is 1. The van der Waals surface area contributed by atoms with Gasteiger partial charge in [-0.2, -0.15) is 5.26 Å². The summed E-state index contributed by atoms with van der Waals surface area (Å²) in [5, 5.41) is 13.5. The first-order valence-electron chi connectivity index (χ1n) is 12.5. The van der Waals surface area contributed by atoms with E-state index in [1.54, 1.807) is 7.11 Å². The number of hydrogen-bond acceptors (Lipinski definition) is 5. The lowest BCUT2D eigenvalue weighted by molar-refractivity contribution is -0.115. The summed E-state index contributed by atoms with van der Waals surface area (Å²) in [5.41, 5.74) is 7.92. The largest absolute Gasteiger partial charge is 0.497 e. The lowest BCUT2D eigenvalue weighted by Crippen LogP contribution is -2.25. The van der Waals surface area contributed by atoms with Crippen molar-refractivity contribution in [2.24, 2.45) is 0 Å². The van der Waals surface area contributed by atoms with E-state index in [-0.39, 0.29) is 5.91 Å². The molecule has 3 aromatic carbocycles. The molecule has 6 heteroatoms. The molecule has 4 aromatic rings. The summed E-state index contributed by atoms with van der Waals surface area (Å²) in [6, 6.07) is 26.0. The summed E-state index contributed by atoms with van der Waals surface area (Å²) in [6.07, 6.45) is 0.584. The Labute approximate surface area is 228 Å². The van der Waals surface area contributed by atoms with Gasteiger partial charge in [0.2, 0.25) is 5.91 Å². The summed E-state index contributed by atoms with van der Waals surface area (Å²) >= 11 is 1.34. The number of carbonyl (C=O) groups excluding carboxylic acids is 1. The normalized spacial score (nSPS) is 11.5. The number of anilines is 1. The van der Waals surface area contributed by atoms with Crippen molar-refractivity contribution < 1.29 is 9.53 Å². The topological polar surface area (TPSA) is 75.0 Å². The maximum Gasteiger partial charge on any atom is 0.237 e. The zero-order chi connectivity index (χ0) is 27.2. The first-order valence-corrected chi connectivity index (χ1v) is 13.4. The fourth-order valence-electron chi connectivity index (χ4n) is 4.14. The number of aromatic nitrogens is 1. The Morgan fingerprint density at radius 2 is 1.71 bits per heavy atom. The molecule has 1 N–H and O–H groups in total. The molecule has 192 valence electrons. The fraction of sp³-hybridized carbons (Fsp3) is 0.219. The van der Waals surface area contributed by atoms with Gasteiger partial charge in [0.15, 0.2) is 0 Å². The average Bonchev–Trinajstić information content (AvgIpc) is 2.94. The van der Waals surface area contributed by atoms with Gasteiger partial charge in [-0.15, -0.1) is 0 Å². The maximum atomic E-state index is 13.4. The second-order valence-electron chi connectivity index (χ2n) is 9.19. The van der Waals surface area contributed by atoms with Crippen molar-refractivity contribution >= 4 is 23.4 Å². The van der Waals surface area contributed by atoms with Gasteiger partial charge in [0.25, 0.3) is 0 Å². The van der Waals surface area contributed by atoms with Crippen LogP contribution in [0.5, 0.6) is 5.75 Å². The van der Waals surface area contributed by atoms with Crippen molar-refractivity contribution in [1.29, 1.82) is 5.26 Å². The SMILES string of the molecule is CCC(Sc1nc(-c2ccc(OC)cc2)cc(-c2ccc(C)cc2)c1C#N)C(=O)Nc1cccc(C)c1C. The van der Waals surface area contributed by atoms with Gasteiger partial charge >= 0.3 is 0 Å². The van der Waals surface area contributed by atoms with Crippen LogP contribution in [-0.2, 0) is 4.79 Å². The molecular weight excluding hydrogens is 490 g/mol. The molecule has 1 amide bonds. The van der Waals surface area contributed by atoms with E-state index in [0.717, 1.165) is 50.5 Å². The van der Waals surface area contributed by atoms with Crippen LogP contribution < -0.4 is 10.1 Å². The molecule has 0 saturated heterocycles. The maximum absolute atomic E-state index is 13.4. The number of ether oxygens (including phenoxy) is 1. The first kappa shape index (κ1) is 27.0. The Morgan fingerprint density at radius 3 is 2.34 bits per heavy atom. The minimum absolute atomic E-state index is 0.108. The predicted octanol–water partition coefficient (Wildman–Crippen LogP) is 7.73. The number of methoxy groups -OCH3 is 1. The zero-order valence-corrected chi connectivity index (χ0v) is 23.1. The molecule has 0 bridgehead atoms. The van der Waals surface area contributed by atoms with Gasteiger partial charge in [-0.05, 0) is 80.3 Å². The molecule has 0 fully saturated rings. The Kier molecular flexibility index (Phi) is 8.50. The Hall–Kier alpha value is -4.08. The van der Waals surface area contributed by atoms with Crippen LogP contribution in [0.15, 0.2) is 77.8 Å². The van der Waals surface area contributed by atoms with E-state index >= 15 is 0 Å². The van der Waals surface area contributed by atoms with Gasteiger partial charge in [-0.25, -0.2) is 4.98 Å². The minimum Gasteiger partial charge on any atom is -0.497 e. The molecule has 0 radical (unpaired) electrons. The number of carbonyl (C=O) groups is 1. The third-order valence-electron chi connectivity index (χ3n) is 6.63. The van der Waals surface area contributed by atoms with Crippen molar-refractivity contribution in [3.63, 3.8) is 0 Å². The standard InChI is InChI=1S/C32H31N3O2S/c1-6-30(31(36)34-28-9-7-8-21(3)22(28)4)38-32-27(19-33)26(23-12-10-20(2)11-13-23)18-29(35-32)24-14-16-25(37-5)17-15-24/h7-18,30H,6H2,1-5H3,(H,34,36). The average molecular weight is 522 g/mol. The number of nitriles is 1. The Balaban J connectivity index is 1.77. The first-order chi connectivity index (χ1) is 18.3. The third-order valence-corrected chi connectivity index (χ3v) is 7.98. The van der Waals surface area contributed by atoms with E-state index in [2.05, 4.69) is 11.4 Å². The molecule has 0 aliphatic heterocycles. The van der Waals surface area contributed by atoms with E-state index in [1.807, 2.05) is 100 Å². The van der Waals surface area contributed by atoms with E-state index in [4.69, 9.17) is 9.72 Å². The number of amides is 1. The van der Waals surface area contributed by atoms with Gasteiger partial charge in [-0.3, -0.25) is 4.79 Å². The molecule has 38 heavy (non-hydrogen) atoms. The van der Waals surface area contributed by atoms with Crippen LogP contribution in [0.1, 0.15) is 35.6 Å². The molecule has 4 rings (SSSR count). The van der Waals surface area contributed by atoms with Crippen LogP contribution in [0, 0.1) is 32.1 Å². The lowest BCUT2D eigenvalue weighted by Gasteiger charge is -2.18. The monoisotopic (exact) mass is 521 g/mol. The fourth-order valence-corrected chi connectivity index (χ4v) is 5.17. The quantitative estimate of drug-likeness (QED) is 0.240. The van der Waals surface area contributed by atoms with Crippen molar-refractivity contribution in [1.82, 2.24) is 4.98 Å². The lowest BCUT2D eigenvalue weighted by atomic mass is 9.98. The molecule has 0 spiro atoms. The highest BCUT2D eigenvalue weighted by Gasteiger charge is 2.24. The molecular formula is C32H31N3O2S. The van der Waals surface area contributed by atoms with Crippen LogP contribution in [0.2, 0.25) is 0 Å². The zero-order valence-electron chi connectivity index (χ0n) is 22.3. The molecule has 5 nitrogen and oxygen atoms in total. The molecule has 0 saturated carbocycles. The number of benzene rings is 3. The summed E-state index contributed by atoms with van der Waals surface area (Å²) in [7, 11) is 1.63. The highest BCUT2D eigenvalue weighted by Crippen LogP contribution is 2.37. The van der Waals surface area contributed by atoms with Gasteiger partial charge in [0.05, 0.1) is 23.6 Å². The minimum atomic E-state index is -0.425. The molecule has 1 atom stereocenters. The highest BCUT2D eigenvalue weighted by atomic mass is 32.2. The summed E-state index contributed by atoms with van der Waals surface area (Å²) in [6.45, 7) is 8.03. The molecule has 1 heterocycles. The van der Waals surface area contributed by atoms with Gasteiger partial charge in [0.1, 0.15) is 16.8 Å². The van der Waals surface area contributed by atoms with Crippen LogP contribution >= 0.6 is 11.8 Å². The van der Waals surface area contributed by atoms with Crippen LogP contribution in [0.4, 0.5) is 5.69 Å². The van der Waals surface area contributed by atoms with Crippen molar-refractivity contribution in [2.45, 2.75) is 44.4 Å². The van der Waals surface area contributed by atoms with Crippen molar-refractivity contribution in [2.75, 3.05) is 12.4 Å². The second kappa shape index (κ2) is 12.0. The second-order valence-corrected chi connectivity index (χ2v) is 10.4. The third kappa shape index (κ3) is 5.90. The van der Waals surface area contributed by atoms with Gasteiger partial charge < -0.3 is 10.1 Å². The summed E-state index contributed by atoms with van der Waals surface area (Å²) < 4.78 is 5.32. The predicted molar refractivity (Wildman–Crippen MR) is 156 cm³/mol. The molecule has 1 unspecified atom stereocenters. The van der Waals surface area contributed by atoms with Crippen LogP contribution in [0.25, 0.3) is 22.4 Å². The number of nitrogens with zero attached hydrogens (tertiary/aromatic N) is 2.